The fourth-order valence-corrected chi connectivity index (χ4v) is 6.46. The Morgan fingerprint density at radius 2 is 1.69 bits per heavy atom. The number of hydrogen-bond acceptors (Lipinski definition) is 5. The number of pyridine rings is 1. The van der Waals surface area contributed by atoms with Crippen molar-refractivity contribution in [2.24, 2.45) is 5.92 Å². The zero-order valence-corrected chi connectivity index (χ0v) is 19.7. The smallest absolute Gasteiger partial charge is 0.268 e. The molecule has 2 aliphatic rings. The number of halogens is 1. The number of fused-ring (bicyclic) bond motifs is 1. The second-order valence-electron chi connectivity index (χ2n) is 8.89. The maximum Gasteiger partial charge on any atom is 0.280 e. The monoisotopic (exact) mass is 493 g/mol. The van der Waals surface area contributed by atoms with Gasteiger partial charge in [0.05, 0.1) is 17.0 Å². The lowest BCUT2D eigenvalue weighted by Crippen LogP contribution is -2.39. The molecule has 3 aromatic rings. The van der Waals surface area contributed by atoms with Gasteiger partial charge >= 0.3 is 0 Å². The largest absolute Gasteiger partial charge is 0.280 e. The molecule has 1 fully saturated rings. The lowest BCUT2D eigenvalue weighted by molar-refractivity contribution is 0.0639. The summed E-state index contributed by atoms with van der Waals surface area (Å²) in [6.45, 7) is 0.368. The Kier molecular flexibility index (Phi) is 6.21. The number of carbonyl (C=O) groups excluding carboxylic acids is 2. The molecule has 0 saturated carbocycles. The third-order valence-electron chi connectivity index (χ3n) is 6.65. The van der Waals surface area contributed by atoms with Crippen molar-refractivity contribution in [3.05, 3.63) is 95.1 Å². The van der Waals surface area contributed by atoms with Crippen LogP contribution in [0.2, 0.25) is 0 Å². The standard InChI is InChI=1S/C26H24FN3O4S/c27-21-9-8-20(17-30-25(31)22-7-4-12-28-24(22)26(30)32)23(16-21)35(33,34)29-13-10-19(11-14-29)15-18-5-2-1-3-6-18/h1-9,12,16,19H,10-11,13-15,17H2. The summed E-state index contributed by atoms with van der Waals surface area (Å²) >= 11 is 0. The summed E-state index contributed by atoms with van der Waals surface area (Å²) in [5.41, 5.74) is 1.61. The molecule has 3 heterocycles. The Balaban J connectivity index is 1.35. The van der Waals surface area contributed by atoms with Gasteiger partial charge in [0, 0.05) is 19.3 Å². The first-order valence-electron chi connectivity index (χ1n) is 11.5. The predicted molar refractivity (Wildman–Crippen MR) is 126 cm³/mol. The van der Waals surface area contributed by atoms with Gasteiger partial charge in [-0.1, -0.05) is 36.4 Å². The second-order valence-corrected chi connectivity index (χ2v) is 10.8. The molecule has 35 heavy (non-hydrogen) atoms. The molecule has 1 aromatic heterocycles. The number of rotatable bonds is 6. The summed E-state index contributed by atoms with van der Waals surface area (Å²) < 4.78 is 42.6. The lowest BCUT2D eigenvalue weighted by atomic mass is 9.91. The van der Waals surface area contributed by atoms with E-state index in [9.17, 15) is 22.4 Å². The summed E-state index contributed by atoms with van der Waals surface area (Å²) in [6, 6.07) is 16.6. The fourth-order valence-electron chi connectivity index (χ4n) is 4.77. The number of piperidine rings is 1. The predicted octanol–water partition coefficient (Wildman–Crippen LogP) is 3.66. The van der Waals surface area contributed by atoms with Crippen LogP contribution in [-0.4, -0.2) is 47.5 Å². The van der Waals surface area contributed by atoms with Crippen molar-refractivity contribution < 1.29 is 22.4 Å². The number of hydrogen-bond donors (Lipinski definition) is 0. The Morgan fingerprint density at radius 1 is 0.943 bits per heavy atom. The molecule has 1 saturated heterocycles. The van der Waals surface area contributed by atoms with E-state index in [2.05, 4.69) is 17.1 Å². The first kappa shape index (κ1) is 23.3. The van der Waals surface area contributed by atoms with E-state index in [1.165, 1.54) is 28.2 Å². The van der Waals surface area contributed by atoms with Crippen LogP contribution in [0.15, 0.2) is 71.8 Å². The van der Waals surface area contributed by atoms with Crippen molar-refractivity contribution in [3.63, 3.8) is 0 Å². The summed E-state index contributed by atoms with van der Waals surface area (Å²) in [5.74, 6) is -1.48. The van der Waals surface area contributed by atoms with Crippen LogP contribution in [0.1, 0.15) is 44.8 Å². The maximum absolute atomic E-state index is 14.2. The average Bonchev–Trinajstić information content (AvgIpc) is 3.11. The molecule has 0 spiro atoms. The molecule has 0 atom stereocenters. The van der Waals surface area contributed by atoms with Crippen LogP contribution in [-0.2, 0) is 23.0 Å². The molecule has 180 valence electrons. The third kappa shape index (κ3) is 4.49. The van der Waals surface area contributed by atoms with Crippen molar-refractivity contribution in [3.8, 4) is 0 Å². The van der Waals surface area contributed by atoms with Crippen LogP contribution in [0.3, 0.4) is 0 Å². The van der Waals surface area contributed by atoms with Crippen LogP contribution in [0, 0.1) is 11.7 Å². The van der Waals surface area contributed by atoms with Crippen LogP contribution in [0.4, 0.5) is 4.39 Å². The van der Waals surface area contributed by atoms with Crippen molar-refractivity contribution in [2.45, 2.75) is 30.7 Å². The van der Waals surface area contributed by atoms with E-state index in [1.807, 2.05) is 18.2 Å². The minimum atomic E-state index is -4.03. The van der Waals surface area contributed by atoms with E-state index >= 15 is 0 Å². The minimum absolute atomic E-state index is 0.0320. The van der Waals surface area contributed by atoms with E-state index in [0.29, 0.717) is 31.8 Å². The van der Waals surface area contributed by atoms with Gasteiger partial charge in [-0.25, -0.2) is 12.8 Å². The zero-order chi connectivity index (χ0) is 24.6. The molecule has 2 aliphatic heterocycles. The topological polar surface area (TPSA) is 87.6 Å². The van der Waals surface area contributed by atoms with Gasteiger partial charge in [0.1, 0.15) is 11.5 Å². The van der Waals surface area contributed by atoms with Gasteiger partial charge in [-0.05, 0) is 60.6 Å². The van der Waals surface area contributed by atoms with E-state index in [0.717, 1.165) is 23.5 Å². The maximum atomic E-state index is 14.2. The van der Waals surface area contributed by atoms with Crippen LogP contribution >= 0.6 is 0 Å². The molecule has 0 unspecified atom stereocenters. The summed E-state index contributed by atoms with van der Waals surface area (Å²) in [5, 5.41) is 0. The number of imide groups is 1. The minimum Gasteiger partial charge on any atom is -0.268 e. The molecule has 2 amide bonds. The number of amides is 2. The van der Waals surface area contributed by atoms with Gasteiger partial charge in [-0.2, -0.15) is 4.31 Å². The zero-order valence-electron chi connectivity index (χ0n) is 18.9. The molecular weight excluding hydrogens is 469 g/mol. The van der Waals surface area contributed by atoms with E-state index in [1.54, 1.807) is 6.07 Å². The van der Waals surface area contributed by atoms with E-state index < -0.39 is 27.7 Å². The van der Waals surface area contributed by atoms with Crippen LogP contribution in [0.5, 0.6) is 0 Å². The molecule has 2 aromatic carbocycles. The molecule has 0 bridgehead atoms. The highest BCUT2D eigenvalue weighted by Crippen LogP contribution is 2.30. The van der Waals surface area contributed by atoms with Crippen molar-refractivity contribution >= 4 is 21.8 Å². The summed E-state index contributed by atoms with van der Waals surface area (Å²) in [4.78, 5) is 30.2. The Bertz CT molecular complexity index is 1350. The third-order valence-corrected chi connectivity index (χ3v) is 8.63. The quantitative estimate of drug-likeness (QED) is 0.489. The number of carbonyl (C=O) groups is 2. The van der Waals surface area contributed by atoms with Gasteiger partial charge in [0.15, 0.2) is 0 Å². The Morgan fingerprint density at radius 3 is 2.40 bits per heavy atom. The first-order valence-corrected chi connectivity index (χ1v) is 12.9. The lowest BCUT2D eigenvalue weighted by Gasteiger charge is -2.32. The van der Waals surface area contributed by atoms with Crippen molar-refractivity contribution in [1.29, 1.82) is 0 Å². The van der Waals surface area contributed by atoms with Gasteiger partial charge in [0.2, 0.25) is 10.0 Å². The van der Waals surface area contributed by atoms with Gasteiger partial charge in [-0.15, -0.1) is 0 Å². The van der Waals surface area contributed by atoms with Crippen molar-refractivity contribution in [1.82, 2.24) is 14.2 Å². The number of benzene rings is 2. The summed E-state index contributed by atoms with van der Waals surface area (Å²) in [7, 11) is -4.03. The Hall–Kier alpha value is -3.43. The fraction of sp³-hybridized carbons (Fsp3) is 0.269. The second kappa shape index (κ2) is 9.31. The molecule has 5 rings (SSSR count). The summed E-state index contributed by atoms with van der Waals surface area (Å²) in [6.07, 6.45) is 3.70. The van der Waals surface area contributed by atoms with Crippen LogP contribution in [0.25, 0.3) is 0 Å². The number of aromatic nitrogens is 1. The molecule has 0 radical (unpaired) electrons. The first-order chi connectivity index (χ1) is 16.8. The molecule has 7 nitrogen and oxygen atoms in total. The molecule has 0 aliphatic carbocycles. The number of nitrogens with zero attached hydrogens (tertiary/aromatic N) is 3. The molecule has 9 heteroatoms. The molecule has 0 N–H and O–H groups in total. The number of sulfonamides is 1. The highest BCUT2D eigenvalue weighted by molar-refractivity contribution is 7.89. The van der Waals surface area contributed by atoms with Crippen molar-refractivity contribution in [2.75, 3.05) is 13.1 Å². The van der Waals surface area contributed by atoms with Gasteiger partial charge < -0.3 is 0 Å². The highest BCUT2D eigenvalue weighted by Gasteiger charge is 2.38. The normalized spacial score (nSPS) is 17.1. The van der Waals surface area contributed by atoms with E-state index in [-0.39, 0.29) is 28.3 Å². The molecular formula is C26H24FN3O4S. The van der Waals surface area contributed by atoms with Crippen LogP contribution < -0.4 is 0 Å². The van der Waals surface area contributed by atoms with Gasteiger partial charge in [-0.3, -0.25) is 19.5 Å². The highest BCUT2D eigenvalue weighted by atomic mass is 32.2. The van der Waals surface area contributed by atoms with Gasteiger partial charge in [0.25, 0.3) is 11.8 Å². The Labute approximate surface area is 203 Å². The van der Waals surface area contributed by atoms with E-state index in [4.69, 9.17) is 0 Å². The average molecular weight is 494 g/mol. The SMILES string of the molecule is O=C1c2cccnc2C(=O)N1Cc1ccc(F)cc1S(=O)(=O)N1CCC(Cc2ccccc2)CC1.